The lowest BCUT2D eigenvalue weighted by Gasteiger charge is -2.19. The first-order chi connectivity index (χ1) is 20.8. The van der Waals surface area contributed by atoms with Gasteiger partial charge in [0.05, 0.1) is 21.8 Å². The van der Waals surface area contributed by atoms with Crippen LogP contribution in [0.25, 0.3) is 28.0 Å². The van der Waals surface area contributed by atoms with Crippen LogP contribution in [-0.2, 0) is 11.0 Å². The van der Waals surface area contributed by atoms with E-state index < -0.39 is 28.9 Å². The largest absolute Gasteiger partial charge is 0.423 e. The smallest absolute Gasteiger partial charge is 0.416 e. The molecule has 0 bridgehead atoms. The minimum Gasteiger partial charge on any atom is -0.423 e. The third kappa shape index (κ3) is 5.35. The lowest BCUT2D eigenvalue weighted by molar-refractivity contribution is -0.137. The van der Waals surface area contributed by atoms with Crippen molar-refractivity contribution in [3.8, 4) is 0 Å². The Hall–Kier alpha value is -4.90. The predicted octanol–water partition coefficient (Wildman–Crippen LogP) is 7.96. The first kappa shape index (κ1) is 29.2. The molecule has 1 fully saturated rings. The Labute approximate surface area is 252 Å². The number of carbonyl (C=O) groups excluding carboxylic acids is 1. The van der Waals surface area contributed by atoms with Crippen molar-refractivity contribution in [2.24, 2.45) is 4.99 Å². The van der Waals surface area contributed by atoms with Crippen molar-refractivity contribution < 1.29 is 26.8 Å². The molecule has 5 aromatic rings. The van der Waals surface area contributed by atoms with Crippen LogP contribution in [0, 0.1) is 27.7 Å². The standard InChI is InChI=1S/C33H23F3N2O5S/c1-16-10-29(39)42-26-8-18(3)24(14-22(16)26)37-32-38(25-15-23-17(2)11-30(40)43-27(23)9-19(25)4)31(41)28(44-32)13-20-6-5-7-21(12-20)33(34,35)36/h5-15H,1-4H3/b28-13-,37-32?. The molecule has 1 aliphatic rings. The van der Waals surface area contributed by atoms with Gasteiger partial charge in [0, 0.05) is 22.9 Å². The Morgan fingerprint density at radius 3 is 2.02 bits per heavy atom. The van der Waals surface area contributed by atoms with Gasteiger partial charge in [0.2, 0.25) is 0 Å². The van der Waals surface area contributed by atoms with Crippen LogP contribution in [0.2, 0.25) is 0 Å². The van der Waals surface area contributed by atoms with Crippen LogP contribution in [0.5, 0.6) is 0 Å². The Bertz CT molecular complexity index is 2210. The van der Waals surface area contributed by atoms with E-state index in [-0.39, 0.29) is 15.6 Å². The second kappa shape index (κ2) is 10.7. The van der Waals surface area contributed by atoms with Crippen molar-refractivity contribution in [3.05, 3.63) is 120 Å². The minimum absolute atomic E-state index is 0.166. The fraction of sp³-hybridized carbons (Fsp3) is 0.152. The third-order valence-electron chi connectivity index (χ3n) is 7.31. The van der Waals surface area contributed by atoms with E-state index in [9.17, 15) is 27.6 Å². The van der Waals surface area contributed by atoms with Gasteiger partial charge in [0.25, 0.3) is 5.91 Å². The number of hydrogen-bond acceptors (Lipinski definition) is 7. The summed E-state index contributed by atoms with van der Waals surface area (Å²) in [7, 11) is 0. The molecule has 7 nitrogen and oxygen atoms in total. The molecule has 3 heterocycles. The molecule has 1 amide bonds. The summed E-state index contributed by atoms with van der Waals surface area (Å²) in [6.07, 6.45) is -3.13. The molecule has 0 aliphatic carbocycles. The number of anilines is 1. The highest BCUT2D eigenvalue weighted by Gasteiger charge is 2.36. The molecule has 0 saturated carbocycles. The second-order valence-corrected chi connectivity index (χ2v) is 11.5. The Balaban J connectivity index is 1.55. The highest BCUT2D eigenvalue weighted by molar-refractivity contribution is 8.19. The fourth-order valence-electron chi connectivity index (χ4n) is 5.09. The summed E-state index contributed by atoms with van der Waals surface area (Å²) in [6.45, 7) is 7.08. The van der Waals surface area contributed by atoms with E-state index in [0.717, 1.165) is 23.9 Å². The van der Waals surface area contributed by atoms with E-state index in [2.05, 4.69) is 0 Å². The number of aliphatic imine (C=N–C) groups is 1. The molecule has 0 atom stereocenters. The summed E-state index contributed by atoms with van der Waals surface area (Å²) < 4.78 is 50.9. The SMILES string of the molecule is Cc1cc2oc(=O)cc(C)c2cc1N=C1S/C(=C\c2cccc(C(F)(F)F)c2)C(=O)N1c1cc2c(C)cc(=O)oc2cc1C. The number of amides is 1. The lowest BCUT2D eigenvalue weighted by atomic mass is 10.1. The Morgan fingerprint density at radius 2 is 1.39 bits per heavy atom. The van der Waals surface area contributed by atoms with Crippen molar-refractivity contribution in [1.29, 1.82) is 0 Å². The van der Waals surface area contributed by atoms with Gasteiger partial charge in [-0.1, -0.05) is 12.1 Å². The van der Waals surface area contributed by atoms with Crippen molar-refractivity contribution in [2.75, 3.05) is 4.90 Å². The predicted molar refractivity (Wildman–Crippen MR) is 166 cm³/mol. The molecule has 6 rings (SSSR count). The number of nitrogens with zero attached hydrogens (tertiary/aromatic N) is 2. The van der Waals surface area contributed by atoms with Crippen LogP contribution in [-0.4, -0.2) is 11.1 Å². The molecule has 222 valence electrons. The average molecular weight is 617 g/mol. The van der Waals surface area contributed by atoms with Gasteiger partial charge < -0.3 is 8.83 Å². The van der Waals surface area contributed by atoms with E-state index in [4.69, 9.17) is 13.8 Å². The van der Waals surface area contributed by atoms with Crippen LogP contribution in [0.4, 0.5) is 24.5 Å². The average Bonchev–Trinajstić information content (AvgIpc) is 3.22. The number of amidine groups is 1. The summed E-state index contributed by atoms with van der Waals surface area (Å²) in [5.74, 6) is -0.482. The van der Waals surface area contributed by atoms with Crippen molar-refractivity contribution in [1.82, 2.24) is 0 Å². The number of fused-ring (bicyclic) bond motifs is 2. The maximum atomic E-state index is 14.0. The normalized spacial score (nSPS) is 15.8. The highest BCUT2D eigenvalue weighted by atomic mass is 32.2. The van der Waals surface area contributed by atoms with Crippen LogP contribution >= 0.6 is 11.8 Å². The molecular weight excluding hydrogens is 593 g/mol. The van der Waals surface area contributed by atoms with Gasteiger partial charge in [-0.25, -0.2) is 14.6 Å². The zero-order valence-electron chi connectivity index (χ0n) is 23.8. The van der Waals surface area contributed by atoms with E-state index in [0.29, 0.717) is 55.6 Å². The van der Waals surface area contributed by atoms with Crippen LogP contribution in [0.15, 0.2) is 89.0 Å². The van der Waals surface area contributed by atoms with Crippen LogP contribution < -0.4 is 16.2 Å². The monoisotopic (exact) mass is 616 g/mol. The van der Waals surface area contributed by atoms with Gasteiger partial charge in [-0.05, 0) is 110 Å². The number of thioether (sulfide) groups is 1. The van der Waals surface area contributed by atoms with Crippen LogP contribution in [0.1, 0.15) is 33.4 Å². The fourth-order valence-corrected chi connectivity index (χ4v) is 6.08. The maximum absolute atomic E-state index is 14.0. The summed E-state index contributed by atoms with van der Waals surface area (Å²) in [4.78, 5) is 44.3. The zero-order valence-corrected chi connectivity index (χ0v) is 24.6. The quantitative estimate of drug-likeness (QED) is 0.151. The van der Waals surface area contributed by atoms with E-state index in [1.807, 2.05) is 0 Å². The molecule has 2 aromatic heterocycles. The summed E-state index contributed by atoms with van der Waals surface area (Å²) >= 11 is 1.03. The number of hydrogen-bond donors (Lipinski definition) is 0. The number of alkyl halides is 3. The molecular formula is C33H23F3N2O5S. The first-order valence-corrected chi connectivity index (χ1v) is 14.2. The molecule has 0 N–H and O–H groups in total. The number of aryl methyl sites for hydroxylation is 4. The summed E-state index contributed by atoms with van der Waals surface area (Å²) in [6, 6.07) is 14.3. The van der Waals surface area contributed by atoms with Gasteiger partial charge in [0.1, 0.15) is 11.2 Å². The topological polar surface area (TPSA) is 93.1 Å². The van der Waals surface area contributed by atoms with E-state index >= 15 is 0 Å². The molecule has 1 aliphatic heterocycles. The Kier molecular flexibility index (Phi) is 7.08. The van der Waals surface area contributed by atoms with E-state index in [1.54, 1.807) is 52.0 Å². The molecule has 3 aromatic carbocycles. The van der Waals surface area contributed by atoms with Gasteiger partial charge in [0.15, 0.2) is 5.17 Å². The number of rotatable bonds is 3. The zero-order chi connectivity index (χ0) is 31.5. The van der Waals surface area contributed by atoms with E-state index in [1.165, 1.54) is 35.2 Å². The van der Waals surface area contributed by atoms with Crippen LogP contribution in [0.3, 0.4) is 0 Å². The lowest BCUT2D eigenvalue weighted by Crippen LogP contribution is -2.29. The molecule has 44 heavy (non-hydrogen) atoms. The second-order valence-electron chi connectivity index (χ2n) is 10.5. The molecule has 1 saturated heterocycles. The number of carbonyl (C=O) groups is 1. The maximum Gasteiger partial charge on any atom is 0.416 e. The van der Waals surface area contributed by atoms with Crippen molar-refractivity contribution in [3.63, 3.8) is 0 Å². The Morgan fingerprint density at radius 1 is 0.773 bits per heavy atom. The minimum atomic E-state index is -4.54. The van der Waals surface area contributed by atoms with Gasteiger partial charge in [-0.3, -0.25) is 9.69 Å². The highest BCUT2D eigenvalue weighted by Crippen LogP contribution is 2.41. The van der Waals surface area contributed by atoms with Crippen molar-refractivity contribution >= 4 is 62.2 Å². The van der Waals surface area contributed by atoms with Gasteiger partial charge in [-0.15, -0.1) is 0 Å². The number of benzene rings is 3. The number of halogens is 3. The van der Waals surface area contributed by atoms with Gasteiger partial charge >= 0.3 is 17.4 Å². The first-order valence-electron chi connectivity index (χ1n) is 13.4. The molecule has 0 radical (unpaired) electrons. The van der Waals surface area contributed by atoms with Crippen molar-refractivity contribution in [2.45, 2.75) is 33.9 Å². The summed E-state index contributed by atoms with van der Waals surface area (Å²) in [5.41, 5.74) is 2.77. The summed E-state index contributed by atoms with van der Waals surface area (Å²) in [5, 5.41) is 1.55. The molecule has 0 spiro atoms. The third-order valence-corrected chi connectivity index (χ3v) is 8.28. The molecule has 0 unspecified atom stereocenters. The molecule has 11 heteroatoms. The van der Waals surface area contributed by atoms with Gasteiger partial charge in [-0.2, -0.15) is 13.2 Å².